The predicted octanol–water partition coefficient (Wildman–Crippen LogP) is 3.71. The number of ether oxygens (including phenoxy) is 1. The van der Waals surface area contributed by atoms with Crippen LogP contribution in [0.5, 0.6) is 5.75 Å². The van der Waals surface area contributed by atoms with Gasteiger partial charge in [0, 0.05) is 23.8 Å². The Balaban J connectivity index is 2.61. The number of anilines is 1. The lowest BCUT2D eigenvalue weighted by Gasteiger charge is -2.14. The predicted molar refractivity (Wildman–Crippen MR) is 87.0 cm³/mol. The maximum atomic E-state index is 11.2. The highest BCUT2D eigenvalue weighted by molar-refractivity contribution is 5.95. The zero-order chi connectivity index (χ0) is 15.7. The molecule has 4 heteroatoms. The first-order valence-corrected chi connectivity index (χ1v) is 6.95. The van der Waals surface area contributed by atoms with Crippen molar-refractivity contribution in [3.63, 3.8) is 0 Å². The van der Waals surface area contributed by atoms with Crippen LogP contribution in [0.4, 0.5) is 5.69 Å². The van der Waals surface area contributed by atoms with Gasteiger partial charge in [0.15, 0.2) is 11.5 Å². The van der Waals surface area contributed by atoms with E-state index in [1.165, 1.54) is 23.6 Å². The number of aromatic nitrogens is 1. The van der Waals surface area contributed by atoms with Crippen molar-refractivity contribution in [1.82, 2.24) is 4.57 Å². The summed E-state index contributed by atoms with van der Waals surface area (Å²) in [4.78, 5) is 11.2. The molecule has 0 amide bonds. The standard InChI is InChI=1S/C17H22N2O2/c1-10(9-11(2)20)18-15-8-7-14-12(3)13(4)19(5)16(14)17(15)21-6/h7-9,18H,1-6H3/b10-9-. The lowest BCUT2D eigenvalue weighted by molar-refractivity contribution is -0.112. The number of fused-ring (bicyclic) bond motifs is 1. The molecule has 1 N–H and O–H groups in total. The molecule has 0 atom stereocenters. The summed E-state index contributed by atoms with van der Waals surface area (Å²) in [6.45, 7) is 7.62. The number of rotatable bonds is 4. The van der Waals surface area contributed by atoms with Crippen LogP contribution in [0.2, 0.25) is 0 Å². The van der Waals surface area contributed by atoms with Gasteiger partial charge < -0.3 is 14.6 Å². The second kappa shape index (κ2) is 5.64. The van der Waals surface area contributed by atoms with Crippen LogP contribution in [0, 0.1) is 13.8 Å². The molecular formula is C17H22N2O2. The van der Waals surface area contributed by atoms with E-state index >= 15 is 0 Å². The van der Waals surface area contributed by atoms with Crippen LogP contribution in [0.3, 0.4) is 0 Å². The van der Waals surface area contributed by atoms with Crippen LogP contribution in [0.15, 0.2) is 23.9 Å². The summed E-state index contributed by atoms with van der Waals surface area (Å²) >= 11 is 0. The fraction of sp³-hybridized carbons (Fsp3) is 0.353. The van der Waals surface area contributed by atoms with E-state index in [-0.39, 0.29) is 5.78 Å². The number of carbonyl (C=O) groups is 1. The highest BCUT2D eigenvalue weighted by Gasteiger charge is 2.16. The van der Waals surface area contributed by atoms with E-state index < -0.39 is 0 Å². The third-order valence-electron chi connectivity index (χ3n) is 3.87. The maximum absolute atomic E-state index is 11.2. The highest BCUT2D eigenvalue weighted by atomic mass is 16.5. The van der Waals surface area contributed by atoms with Crippen LogP contribution >= 0.6 is 0 Å². The molecule has 0 aliphatic heterocycles. The van der Waals surface area contributed by atoms with Crippen LogP contribution in [-0.4, -0.2) is 17.5 Å². The molecule has 0 aliphatic carbocycles. The molecule has 0 saturated carbocycles. The molecule has 1 heterocycles. The number of carbonyl (C=O) groups excluding carboxylic acids is 1. The summed E-state index contributed by atoms with van der Waals surface area (Å²) in [5.41, 5.74) is 5.20. The minimum absolute atomic E-state index is 0.0191. The number of methoxy groups -OCH3 is 1. The number of hydrogen-bond acceptors (Lipinski definition) is 3. The average molecular weight is 286 g/mol. The Bertz CT molecular complexity index is 739. The number of allylic oxidation sites excluding steroid dienone is 2. The van der Waals surface area contributed by atoms with Crippen molar-refractivity contribution in [2.75, 3.05) is 12.4 Å². The molecule has 0 aliphatic rings. The third-order valence-corrected chi connectivity index (χ3v) is 3.87. The second-order valence-corrected chi connectivity index (χ2v) is 5.37. The van der Waals surface area contributed by atoms with Crippen molar-refractivity contribution < 1.29 is 9.53 Å². The van der Waals surface area contributed by atoms with Crippen molar-refractivity contribution in [2.45, 2.75) is 27.7 Å². The summed E-state index contributed by atoms with van der Waals surface area (Å²) in [5.74, 6) is 0.813. The Labute approximate surface area is 125 Å². The largest absolute Gasteiger partial charge is 0.492 e. The molecule has 4 nitrogen and oxygen atoms in total. The molecule has 1 aromatic heterocycles. The zero-order valence-corrected chi connectivity index (χ0v) is 13.5. The SMILES string of the molecule is COc1c(N/C(C)=C\C(C)=O)ccc2c(C)c(C)n(C)c12. The fourth-order valence-electron chi connectivity index (χ4n) is 2.68. The number of benzene rings is 1. The van der Waals surface area contributed by atoms with Gasteiger partial charge in [0.25, 0.3) is 0 Å². The van der Waals surface area contributed by atoms with Gasteiger partial charge in [-0.2, -0.15) is 0 Å². The molecule has 0 radical (unpaired) electrons. The summed E-state index contributed by atoms with van der Waals surface area (Å²) in [5, 5.41) is 4.43. The first-order valence-electron chi connectivity index (χ1n) is 6.95. The van der Waals surface area contributed by atoms with Crippen molar-refractivity contribution in [3.8, 4) is 5.75 Å². The topological polar surface area (TPSA) is 43.3 Å². The molecule has 2 rings (SSSR count). The lowest BCUT2D eigenvalue weighted by atomic mass is 10.1. The first-order chi connectivity index (χ1) is 9.86. The number of nitrogens with one attached hydrogen (secondary N) is 1. The van der Waals surface area contributed by atoms with Crippen molar-refractivity contribution in [1.29, 1.82) is 0 Å². The molecule has 112 valence electrons. The minimum atomic E-state index is 0.0191. The molecular weight excluding hydrogens is 264 g/mol. The first kappa shape index (κ1) is 15.2. The Morgan fingerprint density at radius 2 is 1.95 bits per heavy atom. The Morgan fingerprint density at radius 1 is 1.29 bits per heavy atom. The second-order valence-electron chi connectivity index (χ2n) is 5.37. The van der Waals surface area contributed by atoms with Crippen LogP contribution < -0.4 is 10.1 Å². The molecule has 0 fully saturated rings. The number of aryl methyl sites for hydroxylation is 2. The van der Waals surface area contributed by atoms with Gasteiger partial charge in [-0.25, -0.2) is 0 Å². The summed E-state index contributed by atoms with van der Waals surface area (Å²) < 4.78 is 7.76. The van der Waals surface area contributed by atoms with Crippen LogP contribution in [0.25, 0.3) is 10.9 Å². The average Bonchev–Trinajstić information content (AvgIpc) is 2.63. The smallest absolute Gasteiger partial charge is 0.166 e. The Hall–Kier alpha value is -2.23. The highest BCUT2D eigenvalue weighted by Crippen LogP contribution is 2.37. The summed E-state index contributed by atoms with van der Waals surface area (Å²) in [7, 11) is 3.71. The Morgan fingerprint density at radius 3 is 2.52 bits per heavy atom. The van der Waals surface area contributed by atoms with E-state index in [1.807, 2.05) is 20.0 Å². The number of ketones is 1. The summed E-state index contributed by atoms with van der Waals surface area (Å²) in [6.07, 6.45) is 1.57. The molecule has 0 saturated heterocycles. The summed E-state index contributed by atoms with van der Waals surface area (Å²) in [6, 6.07) is 4.08. The molecule has 21 heavy (non-hydrogen) atoms. The zero-order valence-electron chi connectivity index (χ0n) is 13.5. The van der Waals surface area contributed by atoms with Crippen LogP contribution in [0.1, 0.15) is 25.1 Å². The molecule has 0 unspecified atom stereocenters. The number of nitrogens with zero attached hydrogens (tertiary/aromatic N) is 1. The van der Waals surface area contributed by atoms with Crippen molar-refractivity contribution in [3.05, 3.63) is 35.2 Å². The molecule has 1 aromatic carbocycles. The van der Waals surface area contributed by atoms with Gasteiger partial charge in [-0.15, -0.1) is 0 Å². The molecule has 0 spiro atoms. The van der Waals surface area contributed by atoms with E-state index in [2.05, 4.69) is 29.8 Å². The lowest BCUT2D eigenvalue weighted by Crippen LogP contribution is -2.02. The van der Waals surface area contributed by atoms with E-state index in [0.717, 1.165) is 22.7 Å². The van der Waals surface area contributed by atoms with E-state index in [9.17, 15) is 4.79 Å². The van der Waals surface area contributed by atoms with E-state index in [0.29, 0.717) is 0 Å². The fourth-order valence-corrected chi connectivity index (χ4v) is 2.68. The van der Waals surface area contributed by atoms with Gasteiger partial charge in [-0.3, -0.25) is 4.79 Å². The maximum Gasteiger partial charge on any atom is 0.166 e. The normalized spacial score (nSPS) is 11.8. The molecule has 2 aromatic rings. The van der Waals surface area contributed by atoms with E-state index in [4.69, 9.17) is 4.74 Å². The van der Waals surface area contributed by atoms with E-state index in [1.54, 1.807) is 13.2 Å². The van der Waals surface area contributed by atoms with Gasteiger partial charge in [0.2, 0.25) is 0 Å². The van der Waals surface area contributed by atoms with Gasteiger partial charge in [-0.05, 0) is 45.4 Å². The van der Waals surface area contributed by atoms with Gasteiger partial charge >= 0.3 is 0 Å². The van der Waals surface area contributed by atoms with Gasteiger partial charge in [0.1, 0.15) is 0 Å². The minimum Gasteiger partial charge on any atom is -0.492 e. The van der Waals surface area contributed by atoms with Gasteiger partial charge in [-0.1, -0.05) is 6.07 Å². The van der Waals surface area contributed by atoms with Crippen LogP contribution in [-0.2, 0) is 11.8 Å². The Kier molecular flexibility index (Phi) is 4.07. The molecule has 0 bridgehead atoms. The third kappa shape index (κ3) is 2.66. The van der Waals surface area contributed by atoms with Crippen molar-refractivity contribution in [2.24, 2.45) is 7.05 Å². The van der Waals surface area contributed by atoms with Gasteiger partial charge in [0.05, 0.1) is 18.3 Å². The number of hydrogen-bond donors (Lipinski definition) is 1. The monoisotopic (exact) mass is 286 g/mol. The van der Waals surface area contributed by atoms with Crippen molar-refractivity contribution >= 4 is 22.4 Å². The quantitative estimate of drug-likeness (QED) is 0.871.